The fourth-order valence-corrected chi connectivity index (χ4v) is 3.30. The van der Waals surface area contributed by atoms with Gasteiger partial charge in [-0.3, -0.25) is 4.98 Å². The molecule has 1 aliphatic carbocycles. The number of nitrogens with one attached hydrogen (secondary N) is 2. The maximum Gasteiger partial charge on any atom is 0.158 e. The minimum absolute atomic E-state index is 0.365. The Morgan fingerprint density at radius 3 is 2.96 bits per heavy atom. The normalized spacial score (nSPS) is 19.5. The van der Waals surface area contributed by atoms with Crippen LogP contribution in [0.3, 0.4) is 0 Å². The van der Waals surface area contributed by atoms with Gasteiger partial charge in [-0.1, -0.05) is 30.3 Å². The van der Waals surface area contributed by atoms with Gasteiger partial charge in [-0.05, 0) is 36.5 Å². The first-order chi connectivity index (χ1) is 11.4. The Bertz CT molecular complexity index is 709. The van der Waals surface area contributed by atoms with Crippen LogP contribution in [0.2, 0.25) is 0 Å². The second-order valence-corrected chi connectivity index (χ2v) is 6.07. The Hall–Kier alpha value is -2.33. The molecular weight excluding hydrogens is 286 g/mol. The Labute approximate surface area is 136 Å². The van der Waals surface area contributed by atoms with E-state index in [2.05, 4.69) is 45.9 Å². The Balaban J connectivity index is 1.42. The lowest BCUT2D eigenvalue weighted by Gasteiger charge is -2.25. The molecule has 0 fully saturated rings. The molecule has 2 N–H and O–H groups in total. The van der Waals surface area contributed by atoms with Crippen molar-refractivity contribution in [2.45, 2.75) is 31.8 Å². The number of benzene rings is 1. The van der Waals surface area contributed by atoms with Gasteiger partial charge in [0.2, 0.25) is 0 Å². The molecule has 2 heterocycles. The van der Waals surface area contributed by atoms with Crippen LogP contribution in [0.15, 0.2) is 48.8 Å². The molecule has 0 spiro atoms. The first kappa shape index (κ1) is 14.3. The van der Waals surface area contributed by atoms with E-state index in [4.69, 9.17) is 4.74 Å². The van der Waals surface area contributed by atoms with Crippen molar-refractivity contribution in [1.82, 2.24) is 15.6 Å². The summed E-state index contributed by atoms with van der Waals surface area (Å²) < 4.78 is 5.50. The number of rotatable bonds is 4. The highest BCUT2D eigenvalue weighted by Crippen LogP contribution is 2.28. The Kier molecular flexibility index (Phi) is 3.99. The number of fused-ring (bicyclic) bond motifs is 1. The van der Waals surface area contributed by atoms with E-state index in [1.54, 1.807) is 0 Å². The summed E-state index contributed by atoms with van der Waals surface area (Å²) in [5, 5.41) is 6.72. The van der Waals surface area contributed by atoms with Crippen LogP contribution in [-0.4, -0.2) is 11.7 Å². The van der Waals surface area contributed by atoms with Gasteiger partial charge in [0, 0.05) is 24.5 Å². The second-order valence-electron chi connectivity index (χ2n) is 6.07. The van der Waals surface area contributed by atoms with E-state index in [1.807, 2.05) is 18.5 Å². The van der Waals surface area contributed by atoms with Gasteiger partial charge in [0.15, 0.2) is 6.73 Å². The van der Waals surface area contributed by atoms with Gasteiger partial charge in [-0.2, -0.15) is 0 Å². The maximum absolute atomic E-state index is 5.50. The van der Waals surface area contributed by atoms with Crippen molar-refractivity contribution in [3.63, 3.8) is 0 Å². The topological polar surface area (TPSA) is 46.2 Å². The number of hydrogen-bond donors (Lipinski definition) is 2. The van der Waals surface area contributed by atoms with Crippen LogP contribution >= 0.6 is 0 Å². The molecule has 4 nitrogen and oxygen atoms in total. The van der Waals surface area contributed by atoms with Crippen molar-refractivity contribution in [2.75, 3.05) is 6.73 Å². The SMILES string of the molecule is C1=C(c2ccc(CNC3CCCc4cccnc43)cc2)OCN1. The molecule has 0 saturated carbocycles. The van der Waals surface area contributed by atoms with Gasteiger partial charge in [0.1, 0.15) is 5.76 Å². The standard InChI is InChI=1S/C19H21N3O/c1-3-16-4-2-10-21-19(16)17(5-1)22-11-14-6-8-15(9-7-14)18-12-20-13-23-18/h2,4,6-10,12,17,20,22H,1,3,5,11,13H2. The van der Waals surface area contributed by atoms with Crippen molar-refractivity contribution in [2.24, 2.45) is 0 Å². The van der Waals surface area contributed by atoms with Gasteiger partial charge in [0.05, 0.1) is 11.7 Å². The van der Waals surface area contributed by atoms with Gasteiger partial charge >= 0.3 is 0 Å². The van der Waals surface area contributed by atoms with E-state index in [-0.39, 0.29) is 0 Å². The molecular formula is C19H21N3O. The lowest BCUT2D eigenvalue weighted by atomic mass is 9.92. The van der Waals surface area contributed by atoms with E-state index < -0.39 is 0 Å². The van der Waals surface area contributed by atoms with Crippen molar-refractivity contribution < 1.29 is 4.74 Å². The molecule has 1 aliphatic heterocycles. The Morgan fingerprint density at radius 1 is 1.22 bits per heavy atom. The number of aromatic nitrogens is 1. The summed E-state index contributed by atoms with van der Waals surface area (Å²) in [6.07, 6.45) is 7.36. The third-order valence-electron chi connectivity index (χ3n) is 4.53. The number of nitrogens with zero attached hydrogens (tertiary/aromatic N) is 1. The van der Waals surface area contributed by atoms with Crippen LogP contribution in [-0.2, 0) is 17.7 Å². The van der Waals surface area contributed by atoms with Crippen LogP contribution in [0.4, 0.5) is 0 Å². The lowest BCUT2D eigenvalue weighted by Crippen LogP contribution is -2.25. The average molecular weight is 307 g/mol. The summed E-state index contributed by atoms with van der Waals surface area (Å²) in [7, 11) is 0. The summed E-state index contributed by atoms with van der Waals surface area (Å²) in [6, 6.07) is 13.2. The van der Waals surface area contributed by atoms with E-state index in [1.165, 1.54) is 23.2 Å². The zero-order valence-electron chi connectivity index (χ0n) is 13.1. The highest BCUT2D eigenvalue weighted by molar-refractivity contribution is 5.60. The fraction of sp³-hybridized carbons (Fsp3) is 0.316. The zero-order chi connectivity index (χ0) is 15.5. The molecule has 1 aromatic heterocycles. The number of pyridine rings is 1. The lowest BCUT2D eigenvalue weighted by molar-refractivity contribution is 0.291. The molecule has 2 aliphatic rings. The maximum atomic E-state index is 5.50. The van der Waals surface area contributed by atoms with Crippen molar-refractivity contribution >= 4 is 5.76 Å². The summed E-state index contributed by atoms with van der Waals surface area (Å²) >= 11 is 0. The minimum Gasteiger partial charge on any atom is -0.471 e. The quantitative estimate of drug-likeness (QED) is 0.911. The largest absolute Gasteiger partial charge is 0.471 e. The molecule has 4 heteroatoms. The van der Waals surface area contributed by atoms with Crippen LogP contribution in [0.5, 0.6) is 0 Å². The average Bonchev–Trinajstić information content (AvgIpc) is 3.15. The van der Waals surface area contributed by atoms with Gasteiger partial charge in [-0.25, -0.2) is 0 Å². The van der Waals surface area contributed by atoms with E-state index in [0.717, 1.165) is 30.7 Å². The summed E-state index contributed by atoms with van der Waals surface area (Å²) in [5.41, 5.74) is 5.02. The summed E-state index contributed by atoms with van der Waals surface area (Å²) in [6.45, 7) is 1.42. The third-order valence-corrected chi connectivity index (χ3v) is 4.53. The molecule has 1 atom stereocenters. The molecule has 2 aromatic rings. The minimum atomic E-state index is 0.365. The predicted molar refractivity (Wildman–Crippen MR) is 90.3 cm³/mol. The summed E-state index contributed by atoms with van der Waals surface area (Å²) in [5.74, 6) is 0.912. The highest BCUT2D eigenvalue weighted by Gasteiger charge is 2.20. The molecule has 23 heavy (non-hydrogen) atoms. The molecule has 4 rings (SSSR count). The number of ether oxygens (including phenoxy) is 1. The van der Waals surface area contributed by atoms with Crippen molar-refractivity contribution in [3.05, 3.63) is 71.2 Å². The second kappa shape index (κ2) is 6.42. The van der Waals surface area contributed by atoms with Gasteiger partial charge in [0.25, 0.3) is 0 Å². The molecule has 118 valence electrons. The Morgan fingerprint density at radius 2 is 2.13 bits per heavy atom. The zero-order valence-corrected chi connectivity index (χ0v) is 13.1. The first-order valence-corrected chi connectivity index (χ1v) is 8.23. The molecule has 0 amide bonds. The molecule has 1 unspecified atom stereocenters. The van der Waals surface area contributed by atoms with Gasteiger partial charge in [-0.15, -0.1) is 0 Å². The molecule has 0 saturated heterocycles. The monoisotopic (exact) mass is 307 g/mol. The van der Waals surface area contributed by atoms with E-state index in [9.17, 15) is 0 Å². The number of hydrogen-bond acceptors (Lipinski definition) is 4. The van der Waals surface area contributed by atoms with Gasteiger partial charge < -0.3 is 15.4 Å². The van der Waals surface area contributed by atoms with Crippen molar-refractivity contribution in [3.8, 4) is 0 Å². The van der Waals surface area contributed by atoms with Crippen LogP contribution in [0.25, 0.3) is 5.76 Å². The van der Waals surface area contributed by atoms with Crippen molar-refractivity contribution in [1.29, 1.82) is 0 Å². The smallest absolute Gasteiger partial charge is 0.158 e. The van der Waals surface area contributed by atoms with Crippen LogP contribution in [0, 0.1) is 0 Å². The molecule has 0 bridgehead atoms. The highest BCUT2D eigenvalue weighted by atomic mass is 16.5. The third kappa shape index (κ3) is 3.08. The summed E-state index contributed by atoms with van der Waals surface area (Å²) in [4.78, 5) is 4.59. The number of aryl methyl sites for hydroxylation is 1. The van der Waals surface area contributed by atoms with E-state index >= 15 is 0 Å². The first-order valence-electron chi connectivity index (χ1n) is 8.23. The van der Waals surface area contributed by atoms with E-state index in [0.29, 0.717) is 12.8 Å². The molecule has 0 radical (unpaired) electrons. The van der Waals surface area contributed by atoms with Crippen LogP contribution < -0.4 is 10.6 Å². The molecule has 1 aromatic carbocycles. The fourth-order valence-electron chi connectivity index (χ4n) is 3.30. The predicted octanol–water partition coefficient (Wildman–Crippen LogP) is 3.12. The van der Waals surface area contributed by atoms with Crippen LogP contribution in [0.1, 0.15) is 41.3 Å².